The zero-order valence-electron chi connectivity index (χ0n) is 14.8. The number of nitrogens with one attached hydrogen (secondary N) is 1. The first kappa shape index (κ1) is 15.8. The molecular weight excluding hydrogens is 296 g/mol. The Morgan fingerprint density at radius 3 is 3.00 bits per heavy atom. The molecule has 3 heterocycles. The van der Waals surface area contributed by atoms with Gasteiger partial charge in [0.05, 0.1) is 7.11 Å². The monoisotopic (exact) mass is 324 g/mol. The normalized spacial score (nSPS) is 26.3. The zero-order valence-corrected chi connectivity index (χ0v) is 14.8. The summed E-state index contributed by atoms with van der Waals surface area (Å²) in [4.78, 5) is 6.12. The van der Waals surface area contributed by atoms with E-state index in [2.05, 4.69) is 47.3 Å². The summed E-state index contributed by atoms with van der Waals surface area (Å²) < 4.78 is 5.39. The summed E-state index contributed by atoms with van der Waals surface area (Å²) in [6.07, 6.45) is 12.3. The van der Waals surface area contributed by atoms with Crippen LogP contribution in [-0.2, 0) is 6.42 Å². The molecule has 5 rings (SSSR count). The molecule has 0 saturated carbocycles. The van der Waals surface area contributed by atoms with Crippen molar-refractivity contribution in [1.82, 2.24) is 9.88 Å². The van der Waals surface area contributed by atoms with Crippen molar-refractivity contribution >= 4 is 10.9 Å². The molecule has 3 aliphatic rings. The van der Waals surface area contributed by atoms with E-state index >= 15 is 0 Å². The van der Waals surface area contributed by atoms with Crippen LogP contribution in [0, 0.1) is 11.8 Å². The van der Waals surface area contributed by atoms with E-state index in [1.54, 1.807) is 7.11 Å². The molecule has 1 aromatic heterocycles. The first-order valence-electron chi connectivity index (χ1n) is 9.35. The second-order valence-electron chi connectivity index (χ2n) is 7.39. The number of aromatic nitrogens is 1. The van der Waals surface area contributed by atoms with Crippen molar-refractivity contribution in [3.63, 3.8) is 0 Å². The minimum atomic E-state index is 0.662. The molecule has 3 atom stereocenters. The summed E-state index contributed by atoms with van der Waals surface area (Å²) in [6, 6.07) is 6.95. The molecule has 3 nitrogen and oxygen atoms in total. The van der Waals surface area contributed by atoms with Crippen LogP contribution in [0.25, 0.3) is 10.9 Å². The standard InChI is InChI=1S/C21H28N2O/c1-3-4-16-11-15-5-8-21(16)23(14-15)10-9-17-13-22-20-7-6-18(24-2)12-19(17)20/h5-8,12-13,15-16,21-22H,3-4,9-11,14H2,1-2H3. The highest BCUT2D eigenvalue weighted by Gasteiger charge is 2.36. The van der Waals surface area contributed by atoms with Gasteiger partial charge in [0.2, 0.25) is 0 Å². The molecule has 24 heavy (non-hydrogen) atoms. The van der Waals surface area contributed by atoms with Crippen molar-refractivity contribution in [3.05, 3.63) is 42.1 Å². The van der Waals surface area contributed by atoms with Crippen molar-refractivity contribution in [2.75, 3.05) is 20.2 Å². The minimum absolute atomic E-state index is 0.662. The van der Waals surface area contributed by atoms with E-state index in [1.165, 1.54) is 42.3 Å². The Kier molecular flexibility index (Phi) is 4.36. The predicted octanol–water partition coefficient (Wildman–Crippen LogP) is 4.40. The minimum Gasteiger partial charge on any atom is -0.497 e. The van der Waals surface area contributed by atoms with Gasteiger partial charge in [-0.3, -0.25) is 4.90 Å². The van der Waals surface area contributed by atoms with Crippen LogP contribution in [0.3, 0.4) is 0 Å². The summed E-state index contributed by atoms with van der Waals surface area (Å²) >= 11 is 0. The maximum Gasteiger partial charge on any atom is 0.119 e. The molecule has 1 aromatic carbocycles. The third-order valence-corrected chi connectivity index (χ3v) is 5.86. The number of methoxy groups -OCH3 is 1. The Bertz CT molecular complexity index is 733. The quantitative estimate of drug-likeness (QED) is 0.798. The molecule has 1 fully saturated rings. The molecule has 2 aliphatic heterocycles. The van der Waals surface area contributed by atoms with Crippen LogP contribution in [0.5, 0.6) is 5.75 Å². The number of hydrogen-bond donors (Lipinski definition) is 1. The largest absolute Gasteiger partial charge is 0.497 e. The fourth-order valence-corrected chi connectivity index (χ4v) is 4.67. The molecule has 3 heteroatoms. The van der Waals surface area contributed by atoms with Crippen LogP contribution in [0.4, 0.5) is 0 Å². The third-order valence-electron chi connectivity index (χ3n) is 5.86. The average molecular weight is 324 g/mol. The highest BCUT2D eigenvalue weighted by molar-refractivity contribution is 5.84. The lowest BCUT2D eigenvalue weighted by molar-refractivity contribution is 0.0798. The second-order valence-corrected chi connectivity index (χ2v) is 7.39. The summed E-state index contributed by atoms with van der Waals surface area (Å²) in [5.41, 5.74) is 2.61. The predicted molar refractivity (Wildman–Crippen MR) is 99.6 cm³/mol. The van der Waals surface area contributed by atoms with Crippen LogP contribution in [0.1, 0.15) is 31.7 Å². The second kappa shape index (κ2) is 6.64. The molecule has 128 valence electrons. The summed E-state index contributed by atoms with van der Waals surface area (Å²) in [5.74, 6) is 2.57. The number of nitrogens with zero attached hydrogens (tertiary/aromatic N) is 1. The van der Waals surface area contributed by atoms with Crippen molar-refractivity contribution in [2.24, 2.45) is 11.8 Å². The van der Waals surface area contributed by atoms with Gasteiger partial charge in [-0.1, -0.05) is 25.5 Å². The van der Waals surface area contributed by atoms with E-state index < -0.39 is 0 Å². The van der Waals surface area contributed by atoms with Crippen LogP contribution in [0.2, 0.25) is 0 Å². The number of piperidine rings is 1. The lowest BCUT2D eigenvalue weighted by Gasteiger charge is -2.46. The average Bonchev–Trinajstić information content (AvgIpc) is 3.03. The van der Waals surface area contributed by atoms with E-state index in [-0.39, 0.29) is 0 Å². The van der Waals surface area contributed by atoms with Gasteiger partial charge in [0, 0.05) is 36.2 Å². The van der Waals surface area contributed by atoms with Crippen LogP contribution in [-0.4, -0.2) is 36.1 Å². The Labute approximate surface area is 144 Å². The fraction of sp³-hybridized carbons (Fsp3) is 0.524. The zero-order chi connectivity index (χ0) is 16.5. The third kappa shape index (κ3) is 2.86. The van der Waals surface area contributed by atoms with Crippen molar-refractivity contribution in [2.45, 2.75) is 38.6 Å². The maximum absolute atomic E-state index is 5.39. The molecule has 1 saturated heterocycles. The van der Waals surface area contributed by atoms with Crippen molar-refractivity contribution < 1.29 is 4.74 Å². The summed E-state index contributed by atoms with van der Waals surface area (Å²) in [5, 5.41) is 1.30. The van der Waals surface area contributed by atoms with Gasteiger partial charge < -0.3 is 9.72 Å². The van der Waals surface area contributed by atoms with E-state index in [9.17, 15) is 0 Å². The van der Waals surface area contributed by atoms with Gasteiger partial charge in [-0.05, 0) is 54.9 Å². The lowest BCUT2D eigenvalue weighted by atomic mass is 9.75. The lowest BCUT2D eigenvalue weighted by Crippen LogP contribution is -2.50. The number of ether oxygens (including phenoxy) is 1. The molecule has 1 aliphatic carbocycles. The van der Waals surface area contributed by atoms with Crippen LogP contribution in [0.15, 0.2) is 36.5 Å². The molecule has 0 radical (unpaired) electrons. The molecule has 2 bridgehead atoms. The Morgan fingerprint density at radius 1 is 1.29 bits per heavy atom. The van der Waals surface area contributed by atoms with Gasteiger partial charge in [0.1, 0.15) is 5.75 Å². The smallest absolute Gasteiger partial charge is 0.119 e. The van der Waals surface area contributed by atoms with Crippen molar-refractivity contribution in [3.8, 4) is 5.75 Å². The van der Waals surface area contributed by atoms with E-state index in [0.717, 1.165) is 30.6 Å². The Balaban J connectivity index is 1.48. The topological polar surface area (TPSA) is 28.3 Å². The highest BCUT2D eigenvalue weighted by Crippen LogP contribution is 2.37. The van der Waals surface area contributed by atoms with E-state index in [1.807, 2.05) is 6.07 Å². The maximum atomic E-state index is 5.39. The number of H-pyrrole nitrogens is 1. The summed E-state index contributed by atoms with van der Waals surface area (Å²) in [6.45, 7) is 4.71. The first-order chi connectivity index (χ1) is 11.8. The van der Waals surface area contributed by atoms with Gasteiger partial charge in [-0.25, -0.2) is 0 Å². The van der Waals surface area contributed by atoms with E-state index in [0.29, 0.717) is 6.04 Å². The number of rotatable bonds is 6. The molecule has 3 unspecified atom stereocenters. The SMILES string of the molecule is CCCC1CC2C=CC1N(CCc1c[nH]c3ccc(OC)cc13)C2. The van der Waals surface area contributed by atoms with Gasteiger partial charge in [0.25, 0.3) is 0 Å². The number of benzene rings is 1. The number of hydrogen-bond acceptors (Lipinski definition) is 2. The van der Waals surface area contributed by atoms with Gasteiger partial charge in [-0.2, -0.15) is 0 Å². The first-order valence-corrected chi connectivity index (χ1v) is 9.35. The summed E-state index contributed by atoms with van der Waals surface area (Å²) in [7, 11) is 1.73. The van der Waals surface area contributed by atoms with Gasteiger partial charge in [0.15, 0.2) is 0 Å². The Hall–Kier alpha value is -1.74. The molecule has 0 amide bonds. The molecule has 1 N–H and O–H groups in total. The van der Waals surface area contributed by atoms with Crippen LogP contribution < -0.4 is 4.74 Å². The Morgan fingerprint density at radius 2 is 2.21 bits per heavy atom. The van der Waals surface area contributed by atoms with Gasteiger partial charge >= 0.3 is 0 Å². The molecule has 0 spiro atoms. The number of fused-ring (bicyclic) bond motifs is 3. The van der Waals surface area contributed by atoms with E-state index in [4.69, 9.17) is 4.74 Å². The van der Waals surface area contributed by atoms with Gasteiger partial charge in [-0.15, -0.1) is 0 Å². The molecule has 2 aromatic rings. The number of aromatic amines is 1. The van der Waals surface area contributed by atoms with Crippen LogP contribution >= 0.6 is 0 Å². The highest BCUT2D eigenvalue weighted by atomic mass is 16.5. The van der Waals surface area contributed by atoms with Crippen molar-refractivity contribution in [1.29, 1.82) is 0 Å². The molecular formula is C21H28N2O. The fourth-order valence-electron chi connectivity index (χ4n) is 4.67.